The van der Waals surface area contributed by atoms with Gasteiger partial charge in [-0.05, 0) is 0 Å². The van der Waals surface area contributed by atoms with Crippen molar-refractivity contribution in [2.24, 2.45) is 0 Å². The number of nitrogens with zero attached hydrogens (tertiary/aromatic N) is 1. The van der Waals surface area contributed by atoms with Crippen LogP contribution in [0.15, 0.2) is 40.8 Å². The van der Waals surface area contributed by atoms with Crippen LogP contribution in [0.1, 0.15) is 0 Å². The molecule has 0 aliphatic heterocycles. The predicted molar refractivity (Wildman–Crippen MR) is 95.5 cm³/mol. The van der Waals surface area contributed by atoms with Crippen molar-refractivity contribution < 1.29 is 13.9 Å². The second kappa shape index (κ2) is 6.07. The van der Waals surface area contributed by atoms with Gasteiger partial charge in [-0.2, -0.15) is 0 Å². The number of ether oxygens (including phenoxy) is 2. The Morgan fingerprint density at radius 1 is 0.913 bits per heavy atom. The van der Waals surface area contributed by atoms with E-state index in [4.69, 9.17) is 13.9 Å². The van der Waals surface area contributed by atoms with Gasteiger partial charge >= 0.3 is 140 Å². The number of rotatable bonds is 4. The van der Waals surface area contributed by atoms with Gasteiger partial charge in [0.25, 0.3) is 0 Å². The number of aromatic nitrogens is 1. The Balaban J connectivity index is 2.25. The van der Waals surface area contributed by atoms with Crippen LogP contribution >= 0.6 is 0 Å². The third kappa shape index (κ3) is 3.04. The molecule has 5 heteroatoms. The van der Waals surface area contributed by atoms with E-state index in [2.05, 4.69) is 25.9 Å². The molecule has 2 aromatic heterocycles. The first-order chi connectivity index (χ1) is 10.9. The average molecular weight is 418 g/mol. The molecule has 0 radical (unpaired) electrons. The molecule has 0 atom stereocenters. The SMILES string of the molecule is COc1ccc(-c2oc3nc(OC)ccc3[c]2[Sn]([CH3])([CH3])[CH3])cc1. The van der Waals surface area contributed by atoms with Crippen LogP contribution in [0.5, 0.6) is 11.6 Å². The van der Waals surface area contributed by atoms with E-state index in [0.29, 0.717) is 11.6 Å². The Morgan fingerprint density at radius 2 is 1.61 bits per heavy atom. The van der Waals surface area contributed by atoms with E-state index in [9.17, 15) is 0 Å². The molecule has 0 bridgehead atoms. The van der Waals surface area contributed by atoms with Crippen LogP contribution in [-0.2, 0) is 0 Å². The Hall–Kier alpha value is -1.69. The molecule has 0 aliphatic rings. The van der Waals surface area contributed by atoms with E-state index >= 15 is 0 Å². The minimum absolute atomic E-state index is 0.572. The van der Waals surface area contributed by atoms with Gasteiger partial charge in [0.15, 0.2) is 0 Å². The van der Waals surface area contributed by atoms with Gasteiger partial charge in [-0.1, -0.05) is 0 Å². The first-order valence-corrected chi connectivity index (χ1v) is 17.6. The summed E-state index contributed by atoms with van der Waals surface area (Å²) in [4.78, 5) is 11.6. The van der Waals surface area contributed by atoms with Crippen molar-refractivity contribution >= 4 is 33.1 Å². The Labute approximate surface area is 140 Å². The van der Waals surface area contributed by atoms with Gasteiger partial charge in [-0.3, -0.25) is 0 Å². The zero-order chi connectivity index (χ0) is 16.6. The van der Waals surface area contributed by atoms with Crippen molar-refractivity contribution in [2.75, 3.05) is 14.2 Å². The van der Waals surface area contributed by atoms with E-state index in [1.807, 2.05) is 30.3 Å². The molecule has 0 aliphatic carbocycles. The topological polar surface area (TPSA) is 44.5 Å². The molecule has 4 nitrogen and oxygen atoms in total. The molecule has 0 spiro atoms. The maximum absolute atomic E-state index is 6.15. The van der Waals surface area contributed by atoms with Crippen LogP contribution < -0.4 is 13.1 Å². The molecule has 1 aromatic carbocycles. The molecule has 0 saturated carbocycles. The number of fused-ring (bicyclic) bond motifs is 1. The summed E-state index contributed by atoms with van der Waals surface area (Å²) in [5.41, 5.74) is 1.71. The summed E-state index contributed by atoms with van der Waals surface area (Å²) in [6.07, 6.45) is 0. The molecule has 3 rings (SSSR count). The number of furan rings is 1. The fourth-order valence-corrected chi connectivity index (χ4v) is 8.12. The van der Waals surface area contributed by atoms with E-state index in [0.717, 1.165) is 22.5 Å². The van der Waals surface area contributed by atoms with E-state index < -0.39 is 18.4 Å². The molecule has 0 fully saturated rings. The fraction of sp³-hybridized carbons (Fsp3) is 0.278. The van der Waals surface area contributed by atoms with Gasteiger partial charge in [-0.15, -0.1) is 0 Å². The standard InChI is InChI=1S/C15H12NO3.3CH3.Sn/c1-17-12-6-3-10(4-7-12)13-9-11-5-8-14(18-2)16-15(11)19-13;;;;/h3-8H,1-2H3;3*1H3;. The van der Waals surface area contributed by atoms with Crippen molar-refractivity contribution in [2.45, 2.75) is 14.8 Å². The second-order valence-corrected chi connectivity index (χ2v) is 20.8. The summed E-state index contributed by atoms with van der Waals surface area (Å²) in [7, 11) is 3.29. The normalized spacial score (nSPS) is 11.7. The van der Waals surface area contributed by atoms with E-state index in [1.54, 1.807) is 14.2 Å². The van der Waals surface area contributed by atoms with Crippen LogP contribution in [0.3, 0.4) is 0 Å². The molecule has 0 saturated heterocycles. The summed E-state index contributed by atoms with van der Waals surface area (Å²) in [6, 6.07) is 12.0. The van der Waals surface area contributed by atoms with Gasteiger partial charge in [0.05, 0.1) is 0 Å². The zero-order valence-corrected chi connectivity index (χ0v) is 17.0. The summed E-state index contributed by atoms with van der Waals surface area (Å²) in [5.74, 6) is 2.35. The Kier molecular flexibility index (Phi) is 4.27. The van der Waals surface area contributed by atoms with Crippen LogP contribution in [0.2, 0.25) is 14.8 Å². The number of methoxy groups -OCH3 is 2. The van der Waals surface area contributed by atoms with Crippen molar-refractivity contribution in [3.8, 4) is 23.0 Å². The fourth-order valence-electron chi connectivity index (χ4n) is 2.77. The van der Waals surface area contributed by atoms with Crippen molar-refractivity contribution in [1.29, 1.82) is 0 Å². The molecule has 0 unspecified atom stereocenters. The zero-order valence-electron chi connectivity index (χ0n) is 14.1. The van der Waals surface area contributed by atoms with Crippen LogP contribution in [0.4, 0.5) is 0 Å². The van der Waals surface area contributed by atoms with Gasteiger partial charge in [0.2, 0.25) is 0 Å². The monoisotopic (exact) mass is 419 g/mol. The van der Waals surface area contributed by atoms with Crippen molar-refractivity contribution in [3.63, 3.8) is 0 Å². The summed E-state index contributed by atoms with van der Waals surface area (Å²) in [6.45, 7) is 0. The van der Waals surface area contributed by atoms with Gasteiger partial charge in [0, 0.05) is 0 Å². The molecular formula is C18H21NO3Sn. The molecule has 120 valence electrons. The van der Waals surface area contributed by atoms with E-state index in [-0.39, 0.29) is 0 Å². The number of hydrogen-bond acceptors (Lipinski definition) is 4. The number of hydrogen-bond donors (Lipinski definition) is 0. The molecule has 0 amide bonds. The minimum atomic E-state index is -2.42. The summed E-state index contributed by atoms with van der Waals surface area (Å²) >= 11 is -2.42. The Morgan fingerprint density at radius 3 is 2.17 bits per heavy atom. The van der Waals surface area contributed by atoms with Gasteiger partial charge in [0.1, 0.15) is 0 Å². The predicted octanol–water partition coefficient (Wildman–Crippen LogP) is 4.06. The third-order valence-electron chi connectivity index (χ3n) is 3.84. The van der Waals surface area contributed by atoms with Crippen LogP contribution in [-0.4, -0.2) is 37.6 Å². The van der Waals surface area contributed by atoms with Crippen molar-refractivity contribution in [1.82, 2.24) is 4.98 Å². The first kappa shape index (κ1) is 16.2. The Bertz CT molecular complexity index is 832. The molecule has 0 N–H and O–H groups in total. The van der Waals surface area contributed by atoms with Gasteiger partial charge < -0.3 is 0 Å². The molecule has 3 aromatic rings. The van der Waals surface area contributed by atoms with Crippen LogP contribution in [0.25, 0.3) is 22.4 Å². The van der Waals surface area contributed by atoms with Crippen molar-refractivity contribution in [3.05, 3.63) is 36.4 Å². The average Bonchev–Trinajstić information content (AvgIpc) is 2.93. The molecule has 2 heterocycles. The molecule has 23 heavy (non-hydrogen) atoms. The van der Waals surface area contributed by atoms with Gasteiger partial charge in [-0.25, -0.2) is 0 Å². The van der Waals surface area contributed by atoms with E-state index in [1.165, 1.54) is 3.58 Å². The van der Waals surface area contributed by atoms with Crippen LogP contribution in [0, 0.1) is 0 Å². The molecular weight excluding hydrogens is 397 g/mol. The maximum atomic E-state index is 6.15. The first-order valence-electron chi connectivity index (χ1n) is 7.56. The second-order valence-electron chi connectivity index (χ2n) is 6.49. The third-order valence-corrected chi connectivity index (χ3v) is 9.54. The number of pyridine rings is 1. The summed E-state index contributed by atoms with van der Waals surface area (Å²) in [5, 5.41) is 1.11. The summed E-state index contributed by atoms with van der Waals surface area (Å²) < 4.78 is 18.0. The number of benzene rings is 1. The quantitative estimate of drug-likeness (QED) is 0.600.